The number of ether oxygens (including phenoxy) is 2. The predicted octanol–water partition coefficient (Wildman–Crippen LogP) is 5.75. The van der Waals surface area contributed by atoms with Crippen LogP contribution in [0.15, 0.2) is 82.4 Å². The monoisotopic (exact) mass is 520 g/mol. The van der Waals surface area contributed by atoms with Crippen LogP contribution in [0.2, 0.25) is 0 Å². The summed E-state index contributed by atoms with van der Waals surface area (Å²) in [6, 6.07) is 22.0. The van der Waals surface area contributed by atoms with Gasteiger partial charge < -0.3 is 14.8 Å². The summed E-state index contributed by atoms with van der Waals surface area (Å²) in [5.74, 6) is 0.423. The molecule has 0 radical (unpaired) electrons. The van der Waals surface area contributed by atoms with Gasteiger partial charge in [-0.3, -0.25) is 0 Å². The Labute approximate surface area is 202 Å². The largest absolute Gasteiger partial charge is 0.448 e. The van der Waals surface area contributed by atoms with E-state index in [1.54, 1.807) is 36.4 Å². The van der Waals surface area contributed by atoms with Crippen molar-refractivity contribution in [2.45, 2.75) is 11.4 Å². The fourth-order valence-electron chi connectivity index (χ4n) is 3.35. The van der Waals surface area contributed by atoms with Gasteiger partial charge >= 0.3 is 5.97 Å². The molecule has 4 aromatic rings. The normalized spacial score (nSPS) is 14.2. The summed E-state index contributed by atoms with van der Waals surface area (Å²) in [4.78, 5) is 16.9. The zero-order chi connectivity index (χ0) is 22.8. The first-order chi connectivity index (χ1) is 16.1. The SMILES string of the molecule is CSc1nnc2c(n1)OC(c1ccc(OC(=O)c3ccc(Br)cc3)cc1)Nc1ccccc1-2. The zero-order valence-corrected chi connectivity index (χ0v) is 19.8. The van der Waals surface area contributed by atoms with Crippen LogP contribution in [0.1, 0.15) is 22.1 Å². The molecule has 2 heterocycles. The summed E-state index contributed by atoms with van der Waals surface area (Å²) in [5, 5.41) is 12.4. The molecule has 164 valence electrons. The van der Waals surface area contributed by atoms with E-state index in [-0.39, 0.29) is 0 Å². The molecule has 1 atom stereocenters. The fourth-order valence-corrected chi connectivity index (χ4v) is 3.91. The molecule has 33 heavy (non-hydrogen) atoms. The third-order valence-corrected chi connectivity index (χ3v) is 6.06. The number of benzene rings is 3. The second-order valence-corrected chi connectivity index (χ2v) is 8.79. The molecule has 5 rings (SSSR count). The van der Waals surface area contributed by atoms with E-state index >= 15 is 0 Å². The number of fused-ring (bicyclic) bond motifs is 3. The summed E-state index contributed by atoms with van der Waals surface area (Å²) in [6.07, 6.45) is 1.37. The molecule has 1 aliphatic heterocycles. The van der Waals surface area contributed by atoms with Crippen molar-refractivity contribution in [2.75, 3.05) is 11.6 Å². The second kappa shape index (κ2) is 9.21. The molecular formula is C24H17BrN4O3S. The highest BCUT2D eigenvalue weighted by atomic mass is 79.9. The molecular weight excluding hydrogens is 504 g/mol. The third kappa shape index (κ3) is 4.55. The van der Waals surface area contributed by atoms with Gasteiger partial charge in [-0.1, -0.05) is 45.9 Å². The Morgan fingerprint density at radius 1 is 1.03 bits per heavy atom. The summed E-state index contributed by atoms with van der Waals surface area (Å²) < 4.78 is 12.6. The van der Waals surface area contributed by atoms with Crippen LogP contribution in [0.4, 0.5) is 5.69 Å². The highest BCUT2D eigenvalue weighted by Crippen LogP contribution is 2.39. The number of nitrogens with one attached hydrogen (secondary N) is 1. The number of hydrogen-bond donors (Lipinski definition) is 1. The van der Waals surface area contributed by atoms with E-state index in [2.05, 4.69) is 36.4 Å². The molecule has 1 aliphatic rings. The van der Waals surface area contributed by atoms with E-state index in [0.717, 1.165) is 21.3 Å². The van der Waals surface area contributed by atoms with Gasteiger partial charge in [0.2, 0.25) is 11.0 Å². The Morgan fingerprint density at radius 3 is 2.55 bits per heavy atom. The smallest absolute Gasteiger partial charge is 0.343 e. The number of anilines is 1. The number of hydrogen-bond acceptors (Lipinski definition) is 8. The lowest BCUT2D eigenvalue weighted by molar-refractivity contribution is 0.0734. The first kappa shape index (κ1) is 21.4. The van der Waals surface area contributed by atoms with Gasteiger partial charge in [-0.05, 0) is 60.9 Å². The predicted molar refractivity (Wildman–Crippen MR) is 130 cm³/mol. The molecule has 0 fully saturated rings. The molecule has 0 aliphatic carbocycles. The summed E-state index contributed by atoms with van der Waals surface area (Å²) in [6.45, 7) is 0. The van der Waals surface area contributed by atoms with Gasteiger partial charge in [0, 0.05) is 21.3 Å². The lowest BCUT2D eigenvalue weighted by Gasteiger charge is -2.19. The van der Waals surface area contributed by atoms with Crippen LogP contribution in [0.3, 0.4) is 0 Å². The maximum absolute atomic E-state index is 12.4. The van der Waals surface area contributed by atoms with E-state index in [9.17, 15) is 4.79 Å². The maximum atomic E-state index is 12.4. The van der Waals surface area contributed by atoms with E-state index in [1.165, 1.54) is 11.8 Å². The van der Waals surface area contributed by atoms with Gasteiger partial charge in [0.1, 0.15) is 5.75 Å². The molecule has 0 spiro atoms. The Kier molecular flexibility index (Phi) is 5.97. The van der Waals surface area contributed by atoms with Crippen molar-refractivity contribution in [2.24, 2.45) is 0 Å². The molecule has 0 saturated heterocycles. The molecule has 0 amide bonds. The fraction of sp³-hybridized carbons (Fsp3) is 0.0833. The van der Waals surface area contributed by atoms with E-state index in [1.807, 2.05) is 42.7 Å². The van der Waals surface area contributed by atoms with E-state index in [0.29, 0.717) is 28.0 Å². The second-order valence-electron chi connectivity index (χ2n) is 7.11. The zero-order valence-electron chi connectivity index (χ0n) is 17.4. The average Bonchev–Trinajstić information content (AvgIpc) is 3.01. The standard InChI is InChI=1S/C24H17BrN4O3S/c1-33-24-27-22-20(28-29-24)18-4-2-3-5-19(18)26-21(32-22)14-8-12-17(13-9-14)31-23(30)15-6-10-16(25)11-7-15/h2-13,21,26H,1H3. The minimum Gasteiger partial charge on any atom is -0.448 e. The van der Waals surface area contributed by atoms with Crippen molar-refractivity contribution >= 4 is 39.3 Å². The summed E-state index contributed by atoms with van der Waals surface area (Å²) in [5.41, 5.74) is 3.62. The third-order valence-electron chi connectivity index (χ3n) is 4.99. The Morgan fingerprint density at radius 2 is 1.79 bits per heavy atom. The van der Waals surface area contributed by atoms with Crippen molar-refractivity contribution in [3.8, 4) is 22.9 Å². The van der Waals surface area contributed by atoms with Crippen LogP contribution in [0.5, 0.6) is 11.6 Å². The van der Waals surface area contributed by atoms with Crippen LogP contribution in [0.25, 0.3) is 11.3 Å². The number of aromatic nitrogens is 3. The lowest BCUT2D eigenvalue weighted by atomic mass is 10.1. The number of halogens is 1. The quantitative estimate of drug-likeness (QED) is 0.207. The average molecular weight is 521 g/mol. The number of rotatable bonds is 4. The molecule has 0 bridgehead atoms. The van der Waals surface area contributed by atoms with Crippen LogP contribution in [-0.4, -0.2) is 27.4 Å². The number of carbonyl (C=O) groups excluding carboxylic acids is 1. The Hall–Kier alpha value is -3.43. The molecule has 0 saturated carbocycles. The van der Waals surface area contributed by atoms with Crippen LogP contribution < -0.4 is 14.8 Å². The molecule has 9 heteroatoms. The number of carbonyl (C=O) groups is 1. The van der Waals surface area contributed by atoms with Gasteiger partial charge in [0.25, 0.3) is 0 Å². The molecule has 3 aromatic carbocycles. The Bertz CT molecular complexity index is 1320. The first-order valence-electron chi connectivity index (χ1n) is 10.00. The minimum absolute atomic E-state index is 0.405. The molecule has 1 unspecified atom stereocenters. The summed E-state index contributed by atoms with van der Waals surface area (Å²) in [7, 11) is 0. The van der Waals surface area contributed by atoms with Gasteiger partial charge in [-0.25, -0.2) is 4.79 Å². The molecule has 1 aromatic heterocycles. The Balaban J connectivity index is 1.41. The van der Waals surface area contributed by atoms with Gasteiger partial charge in [0.05, 0.1) is 5.56 Å². The number of thioether (sulfide) groups is 1. The highest BCUT2D eigenvalue weighted by Gasteiger charge is 2.26. The van der Waals surface area contributed by atoms with Crippen molar-refractivity contribution in [3.05, 3.63) is 88.4 Å². The topological polar surface area (TPSA) is 86.2 Å². The minimum atomic E-state index is -0.518. The summed E-state index contributed by atoms with van der Waals surface area (Å²) >= 11 is 4.76. The van der Waals surface area contributed by atoms with Crippen molar-refractivity contribution in [1.29, 1.82) is 0 Å². The van der Waals surface area contributed by atoms with Crippen LogP contribution in [-0.2, 0) is 0 Å². The highest BCUT2D eigenvalue weighted by molar-refractivity contribution is 9.10. The van der Waals surface area contributed by atoms with E-state index < -0.39 is 12.2 Å². The number of esters is 1. The molecule has 7 nitrogen and oxygen atoms in total. The number of para-hydroxylation sites is 1. The first-order valence-corrected chi connectivity index (χ1v) is 12.0. The molecule has 1 N–H and O–H groups in total. The lowest BCUT2D eigenvalue weighted by Crippen LogP contribution is -2.17. The van der Waals surface area contributed by atoms with Gasteiger partial charge in [0.15, 0.2) is 11.9 Å². The van der Waals surface area contributed by atoms with E-state index in [4.69, 9.17) is 9.47 Å². The van der Waals surface area contributed by atoms with Gasteiger partial charge in [-0.2, -0.15) is 4.98 Å². The van der Waals surface area contributed by atoms with Crippen LogP contribution >= 0.6 is 27.7 Å². The van der Waals surface area contributed by atoms with Crippen molar-refractivity contribution in [1.82, 2.24) is 15.2 Å². The van der Waals surface area contributed by atoms with Crippen LogP contribution in [0, 0.1) is 0 Å². The number of nitrogens with zero attached hydrogens (tertiary/aromatic N) is 3. The van der Waals surface area contributed by atoms with Crippen molar-refractivity contribution in [3.63, 3.8) is 0 Å². The van der Waals surface area contributed by atoms with Gasteiger partial charge in [-0.15, -0.1) is 10.2 Å². The van der Waals surface area contributed by atoms with Crippen molar-refractivity contribution < 1.29 is 14.3 Å². The maximum Gasteiger partial charge on any atom is 0.343 e.